The van der Waals surface area contributed by atoms with E-state index in [0.717, 1.165) is 58.6 Å². The van der Waals surface area contributed by atoms with E-state index in [-0.39, 0.29) is 22.4 Å². The highest BCUT2D eigenvalue weighted by atomic mass is 32.1. The first kappa shape index (κ1) is 32.1. The molecule has 2 rings (SSSR count). The minimum atomic E-state index is -0.0828. The molecule has 0 spiro atoms. The maximum atomic E-state index is 12.5. The van der Waals surface area contributed by atoms with Gasteiger partial charge < -0.3 is 18.3 Å². The van der Waals surface area contributed by atoms with E-state index in [9.17, 15) is 9.59 Å². The Balaban J connectivity index is 1.74. The molecule has 2 heterocycles. The molecule has 0 unspecified atom stereocenters. The summed E-state index contributed by atoms with van der Waals surface area (Å²) >= 11 is 20.3. The minimum Gasteiger partial charge on any atom is -0.323 e. The number of nitrogens with zero attached hydrogens (tertiary/aromatic N) is 4. The second-order valence-electron chi connectivity index (χ2n) is 11.5. The van der Waals surface area contributed by atoms with Crippen molar-refractivity contribution in [1.29, 1.82) is 0 Å². The van der Waals surface area contributed by atoms with Crippen molar-refractivity contribution in [3.05, 3.63) is 21.9 Å². The summed E-state index contributed by atoms with van der Waals surface area (Å²) in [5.41, 5.74) is -0.166. The molecule has 6 nitrogen and oxygen atoms in total. The Morgan fingerprint density at radius 3 is 1.38 bits per heavy atom. The van der Waals surface area contributed by atoms with E-state index in [0.29, 0.717) is 32.1 Å². The highest BCUT2D eigenvalue weighted by Crippen LogP contribution is 2.29. The zero-order valence-electron chi connectivity index (χ0n) is 23.2. The standard InChI is InChI=1S/C27H44N4O2S4/c1-7-28-16-22(34)30(24(28)36)18-26(3,4)14-12-20(32)10-9-11-21(33)13-15-27(5,6)19-31-23(35)17-29(8-2)25(31)37/h16-17,34-35H,7-15,18-19H2,1-6H3. The van der Waals surface area contributed by atoms with Gasteiger partial charge in [0, 0.05) is 64.3 Å². The van der Waals surface area contributed by atoms with Crippen LogP contribution in [-0.2, 0) is 35.8 Å². The number of rotatable bonds is 16. The van der Waals surface area contributed by atoms with Crippen LogP contribution in [0.3, 0.4) is 0 Å². The Bertz CT molecular complexity index is 1110. The Labute approximate surface area is 243 Å². The number of ketones is 2. The molecule has 0 aliphatic heterocycles. The molecule has 0 aromatic carbocycles. The molecule has 208 valence electrons. The average Bonchev–Trinajstić information content (AvgIpc) is 3.25. The molecule has 0 N–H and O–H groups in total. The van der Waals surface area contributed by atoms with E-state index in [1.54, 1.807) is 0 Å². The first-order valence-electron chi connectivity index (χ1n) is 13.2. The van der Waals surface area contributed by atoms with Crippen LogP contribution in [0.15, 0.2) is 22.4 Å². The van der Waals surface area contributed by atoms with Gasteiger partial charge in [0.2, 0.25) is 0 Å². The number of imidazole rings is 2. The van der Waals surface area contributed by atoms with Crippen LogP contribution in [0, 0.1) is 20.4 Å². The summed E-state index contributed by atoms with van der Waals surface area (Å²) < 4.78 is 9.62. The fourth-order valence-corrected chi connectivity index (χ4v) is 5.92. The molecule has 0 amide bonds. The summed E-state index contributed by atoms with van der Waals surface area (Å²) in [4.78, 5) is 25.1. The highest BCUT2D eigenvalue weighted by Gasteiger charge is 2.23. The van der Waals surface area contributed by atoms with Gasteiger partial charge in [0.1, 0.15) is 11.6 Å². The summed E-state index contributed by atoms with van der Waals surface area (Å²) in [5, 5.41) is 1.70. The van der Waals surface area contributed by atoms with Crippen LogP contribution in [0.4, 0.5) is 0 Å². The van der Waals surface area contributed by atoms with Gasteiger partial charge in [-0.3, -0.25) is 9.59 Å². The molecule has 0 aliphatic rings. The molecule has 0 saturated heterocycles. The second-order valence-corrected chi connectivity index (χ2v) is 13.2. The number of carbonyl (C=O) groups is 2. The van der Waals surface area contributed by atoms with E-state index < -0.39 is 0 Å². The van der Waals surface area contributed by atoms with Crippen LogP contribution in [0.2, 0.25) is 0 Å². The third-order valence-corrected chi connectivity index (χ3v) is 8.60. The topological polar surface area (TPSA) is 53.9 Å². The van der Waals surface area contributed by atoms with Gasteiger partial charge in [0.15, 0.2) is 9.54 Å². The van der Waals surface area contributed by atoms with Crippen molar-refractivity contribution in [3.8, 4) is 0 Å². The summed E-state index contributed by atoms with van der Waals surface area (Å²) in [7, 11) is 0. The molecule has 37 heavy (non-hydrogen) atoms. The molecule has 0 saturated carbocycles. The Kier molecular flexibility index (Phi) is 12.0. The molecule has 0 atom stereocenters. The fraction of sp³-hybridized carbons (Fsp3) is 0.704. The Morgan fingerprint density at radius 2 is 1.08 bits per heavy atom. The van der Waals surface area contributed by atoms with E-state index in [1.807, 2.05) is 30.7 Å². The predicted molar refractivity (Wildman–Crippen MR) is 162 cm³/mol. The lowest BCUT2D eigenvalue weighted by molar-refractivity contribution is -0.121. The summed E-state index contributed by atoms with van der Waals surface area (Å²) in [6, 6.07) is 0. The van der Waals surface area contributed by atoms with E-state index in [4.69, 9.17) is 24.4 Å². The first-order chi connectivity index (χ1) is 17.2. The van der Waals surface area contributed by atoms with Crippen molar-refractivity contribution in [2.24, 2.45) is 10.8 Å². The maximum absolute atomic E-state index is 12.5. The molecule has 2 aromatic heterocycles. The maximum Gasteiger partial charge on any atom is 0.180 e. The SMILES string of the molecule is CCn1cc(S)n(CC(C)(C)CCC(=O)CCCC(=O)CCC(C)(C)Cn2c(S)cn(CC)c2=S)c1=S. The number of aryl methyl sites for hydroxylation is 2. The number of carbonyl (C=O) groups excluding carboxylic acids is 2. The van der Waals surface area contributed by atoms with Crippen molar-refractivity contribution in [2.75, 3.05) is 0 Å². The van der Waals surface area contributed by atoms with Gasteiger partial charge in [-0.1, -0.05) is 27.7 Å². The highest BCUT2D eigenvalue weighted by molar-refractivity contribution is 7.80. The predicted octanol–water partition coefficient (Wildman–Crippen LogP) is 7.59. The van der Waals surface area contributed by atoms with E-state index in [2.05, 4.69) is 66.8 Å². The van der Waals surface area contributed by atoms with Crippen molar-refractivity contribution < 1.29 is 9.59 Å². The Hall–Kier alpha value is -1.10. The van der Waals surface area contributed by atoms with E-state index >= 15 is 0 Å². The van der Waals surface area contributed by atoms with Crippen LogP contribution in [0.5, 0.6) is 0 Å². The number of Topliss-reactive ketones (excluding diaryl/α,β-unsaturated/α-hetero) is 2. The Morgan fingerprint density at radius 1 is 0.730 bits per heavy atom. The van der Waals surface area contributed by atoms with Crippen LogP contribution in [-0.4, -0.2) is 29.8 Å². The smallest absolute Gasteiger partial charge is 0.180 e. The van der Waals surface area contributed by atoms with Gasteiger partial charge in [0.05, 0.1) is 10.1 Å². The molecule has 0 bridgehead atoms. The second kappa shape index (κ2) is 13.8. The first-order valence-corrected chi connectivity index (χ1v) is 14.9. The average molecular weight is 585 g/mol. The molecule has 2 aromatic rings. The van der Waals surface area contributed by atoms with Crippen molar-refractivity contribution >= 4 is 61.3 Å². The third-order valence-electron chi connectivity index (χ3n) is 6.98. The summed E-state index contributed by atoms with van der Waals surface area (Å²) in [6.07, 6.45) is 8.03. The summed E-state index contributed by atoms with van der Waals surface area (Å²) in [6.45, 7) is 15.8. The molecule has 0 radical (unpaired) electrons. The van der Waals surface area contributed by atoms with Crippen molar-refractivity contribution in [1.82, 2.24) is 18.3 Å². The molecular weight excluding hydrogens is 541 g/mol. The van der Waals surface area contributed by atoms with Gasteiger partial charge in [-0.05, 0) is 68.4 Å². The number of hydrogen-bond acceptors (Lipinski definition) is 6. The quantitative estimate of drug-likeness (QED) is 0.158. The van der Waals surface area contributed by atoms with Gasteiger partial charge in [0.25, 0.3) is 0 Å². The van der Waals surface area contributed by atoms with Gasteiger partial charge in [-0.2, -0.15) is 0 Å². The largest absolute Gasteiger partial charge is 0.323 e. The van der Waals surface area contributed by atoms with Crippen molar-refractivity contribution in [3.63, 3.8) is 0 Å². The van der Waals surface area contributed by atoms with Gasteiger partial charge >= 0.3 is 0 Å². The summed E-state index contributed by atoms with van der Waals surface area (Å²) in [5.74, 6) is 0.441. The van der Waals surface area contributed by atoms with Crippen molar-refractivity contribution in [2.45, 2.75) is 123 Å². The lowest BCUT2D eigenvalue weighted by Gasteiger charge is -2.25. The molecule has 10 heteroatoms. The number of hydrogen-bond donors (Lipinski definition) is 2. The lowest BCUT2D eigenvalue weighted by Crippen LogP contribution is -2.22. The van der Waals surface area contributed by atoms with Gasteiger partial charge in [-0.15, -0.1) is 25.3 Å². The minimum absolute atomic E-state index is 0.0828. The molecule has 0 fully saturated rings. The number of thiol groups is 2. The number of aromatic nitrogens is 4. The molecule has 0 aliphatic carbocycles. The zero-order valence-corrected chi connectivity index (χ0v) is 26.7. The van der Waals surface area contributed by atoms with Crippen LogP contribution >= 0.6 is 49.7 Å². The molecular formula is C27H44N4O2S4. The lowest BCUT2D eigenvalue weighted by atomic mass is 9.85. The van der Waals surface area contributed by atoms with Crippen LogP contribution < -0.4 is 0 Å². The van der Waals surface area contributed by atoms with Crippen LogP contribution in [0.1, 0.15) is 86.5 Å². The normalized spacial score (nSPS) is 12.3. The zero-order chi connectivity index (χ0) is 28.0. The fourth-order valence-electron chi connectivity index (χ4n) is 4.49. The van der Waals surface area contributed by atoms with Crippen LogP contribution in [0.25, 0.3) is 0 Å². The third kappa shape index (κ3) is 9.55. The van der Waals surface area contributed by atoms with Gasteiger partial charge in [-0.25, -0.2) is 0 Å². The monoisotopic (exact) mass is 584 g/mol. The van der Waals surface area contributed by atoms with E-state index in [1.165, 1.54) is 0 Å².